The number of carbonyl (C=O) groups excluding carboxylic acids is 1. The molecule has 0 bridgehead atoms. The highest BCUT2D eigenvalue weighted by atomic mass is 32.2. The van der Waals surface area contributed by atoms with Gasteiger partial charge in [0.1, 0.15) is 17.3 Å². The Balaban J connectivity index is 1.90. The number of nitrogens with zero attached hydrogens (tertiary/aromatic N) is 4. The number of Topliss-reactive ketones (excluding diaryl/α,β-unsaturated/α-hetero) is 1. The molecule has 1 atom stereocenters. The molecule has 3 heterocycles. The summed E-state index contributed by atoms with van der Waals surface area (Å²) in [5, 5.41) is 19.3. The molecule has 0 radical (unpaired) electrons. The van der Waals surface area contributed by atoms with E-state index in [9.17, 15) is 10.1 Å². The van der Waals surface area contributed by atoms with E-state index in [-0.39, 0.29) is 17.0 Å². The fraction of sp³-hybridized carbons (Fsp3) is 0.455. The van der Waals surface area contributed by atoms with E-state index in [1.807, 2.05) is 19.1 Å². The van der Waals surface area contributed by atoms with Crippen molar-refractivity contribution < 1.29 is 9.21 Å². The van der Waals surface area contributed by atoms with Gasteiger partial charge in [-0.2, -0.15) is 5.26 Å². The number of nitrogens with two attached hydrogens (primary N) is 1. The molecule has 162 valence electrons. The molecule has 1 aliphatic heterocycles. The van der Waals surface area contributed by atoms with Crippen molar-refractivity contribution in [1.82, 2.24) is 10.2 Å². The van der Waals surface area contributed by atoms with Crippen molar-refractivity contribution in [2.24, 2.45) is 11.1 Å². The third-order valence-corrected chi connectivity index (χ3v) is 7.69. The normalized spacial score (nSPS) is 20.8. The highest BCUT2D eigenvalue weighted by Gasteiger charge is 2.46. The van der Waals surface area contributed by atoms with Crippen molar-refractivity contribution in [1.29, 1.82) is 5.26 Å². The average molecular weight is 456 g/mol. The molecule has 1 aliphatic carbocycles. The monoisotopic (exact) mass is 455 g/mol. The van der Waals surface area contributed by atoms with E-state index in [1.165, 1.54) is 11.3 Å². The first kappa shape index (κ1) is 21.7. The minimum atomic E-state index is -0.601. The zero-order chi connectivity index (χ0) is 22.3. The van der Waals surface area contributed by atoms with Crippen molar-refractivity contribution in [3.05, 3.63) is 46.3 Å². The number of aromatic nitrogens is 2. The third-order valence-electron chi connectivity index (χ3n) is 5.44. The summed E-state index contributed by atoms with van der Waals surface area (Å²) in [6.07, 6.45) is 2.08. The van der Waals surface area contributed by atoms with Crippen LogP contribution in [0, 0.1) is 23.7 Å². The second-order valence-corrected chi connectivity index (χ2v) is 10.9. The van der Waals surface area contributed by atoms with Gasteiger partial charge in [0.05, 0.1) is 17.6 Å². The summed E-state index contributed by atoms with van der Waals surface area (Å²) in [5.74, 6) is 1.93. The SMILES string of the molecule is CCCSc1nnc(N2C(N)=C(C#N)C(c3ccc(C)o3)C3=C2CC(C)(C)CC3=O)s1. The number of hydrogen-bond acceptors (Lipinski definition) is 9. The lowest BCUT2D eigenvalue weighted by Crippen LogP contribution is -2.42. The summed E-state index contributed by atoms with van der Waals surface area (Å²) in [6, 6.07) is 5.91. The molecular formula is C22H25N5O2S2. The van der Waals surface area contributed by atoms with Gasteiger partial charge in [-0.05, 0) is 37.3 Å². The van der Waals surface area contributed by atoms with Gasteiger partial charge in [-0.1, -0.05) is 43.9 Å². The fourth-order valence-electron chi connectivity index (χ4n) is 4.16. The summed E-state index contributed by atoms with van der Waals surface area (Å²) >= 11 is 3.07. The predicted octanol–water partition coefficient (Wildman–Crippen LogP) is 4.88. The molecule has 0 saturated heterocycles. The van der Waals surface area contributed by atoms with E-state index >= 15 is 0 Å². The van der Waals surface area contributed by atoms with Gasteiger partial charge in [0.25, 0.3) is 0 Å². The highest BCUT2D eigenvalue weighted by molar-refractivity contribution is 8.01. The minimum absolute atomic E-state index is 0.0145. The van der Waals surface area contributed by atoms with Crippen LogP contribution in [0.1, 0.15) is 57.5 Å². The second-order valence-electron chi connectivity index (χ2n) is 8.63. The minimum Gasteiger partial charge on any atom is -0.465 e. The topological polar surface area (TPSA) is 109 Å². The van der Waals surface area contributed by atoms with Crippen LogP contribution >= 0.6 is 23.1 Å². The summed E-state index contributed by atoms with van der Waals surface area (Å²) in [7, 11) is 0. The van der Waals surface area contributed by atoms with Gasteiger partial charge in [0.2, 0.25) is 5.13 Å². The molecule has 2 aliphatic rings. The Morgan fingerprint density at radius 1 is 1.39 bits per heavy atom. The number of allylic oxidation sites excluding steroid dienone is 3. The van der Waals surface area contributed by atoms with E-state index in [0.717, 1.165) is 28.0 Å². The molecule has 0 spiro atoms. The lowest BCUT2D eigenvalue weighted by atomic mass is 9.69. The first-order valence-corrected chi connectivity index (χ1v) is 12.0. The van der Waals surface area contributed by atoms with E-state index < -0.39 is 5.92 Å². The van der Waals surface area contributed by atoms with Gasteiger partial charge < -0.3 is 10.2 Å². The summed E-state index contributed by atoms with van der Waals surface area (Å²) in [6.45, 7) is 8.10. The highest BCUT2D eigenvalue weighted by Crippen LogP contribution is 2.50. The average Bonchev–Trinajstić information content (AvgIpc) is 3.33. The molecule has 9 heteroatoms. The number of nitriles is 1. The van der Waals surface area contributed by atoms with Crippen molar-refractivity contribution in [3.8, 4) is 6.07 Å². The van der Waals surface area contributed by atoms with Crippen LogP contribution in [0.5, 0.6) is 0 Å². The number of thioether (sulfide) groups is 1. The number of rotatable bonds is 5. The van der Waals surface area contributed by atoms with E-state index in [4.69, 9.17) is 10.2 Å². The van der Waals surface area contributed by atoms with Crippen LogP contribution in [0.2, 0.25) is 0 Å². The maximum Gasteiger partial charge on any atom is 0.219 e. The Labute approximate surface area is 190 Å². The number of ketones is 1. The molecule has 31 heavy (non-hydrogen) atoms. The van der Waals surface area contributed by atoms with Gasteiger partial charge in [0, 0.05) is 23.4 Å². The molecule has 1 unspecified atom stereocenters. The first-order chi connectivity index (χ1) is 14.8. The van der Waals surface area contributed by atoms with Crippen LogP contribution in [0.25, 0.3) is 0 Å². The summed E-state index contributed by atoms with van der Waals surface area (Å²) < 4.78 is 6.71. The van der Waals surface area contributed by atoms with E-state index in [1.54, 1.807) is 16.7 Å². The van der Waals surface area contributed by atoms with Gasteiger partial charge in [-0.3, -0.25) is 9.69 Å². The molecule has 0 aromatic carbocycles. The molecule has 0 saturated carbocycles. The smallest absolute Gasteiger partial charge is 0.219 e. The summed E-state index contributed by atoms with van der Waals surface area (Å²) in [5.41, 5.74) is 8.03. The van der Waals surface area contributed by atoms with Crippen LogP contribution in [0.15, 0.2) is 43.6 Å². The number of furan rings is 1. The Morgan fingerprint density at radius 2 is 2.16 bits per heavy atom. The number of anilines is 1. The maximum atomic E-state index is 13.4. The molecule has 4 rings (SSSR count). The lowest BCUT2D eigenvalue weighted by Gasteiger charge is -2.42. The van der Waals surface area contributed by atoms with Gasteiger partial charge in [-0.25, -0.2) is 0 Å². The van der Waals surface area contributed by atoms with Crippen LogP contribution in [-0.4, -0.2) is 21.7 Å². The van der Waals surface area contributed by atoms with Crippen LogP contribution < -0.4 is 10.6 Å². The van der Waals surface area contributed by atoms with Crippen LogP contribution in [0.3, 0.4) is 0 Å². The fourth-order valence-corrected chi connectivity index (χ4v) is 5.97. The van der Waals surface area contributed by atoms with Crippen molar-refractivity contribution in [2.45, 2.75) is 57.2 Å². The number of aryl methyl sites for hydroxylation is 1. The Kier molecular flexibility index (Phi) is 5.71. The Morgan fingerprint density at radius 3 is 2.81 bits per heavy atom. The molecule has 0 amide bonds. The van der Waals surface area contributed by atoms with Crippen molar-refractivity contribution >= 4 is 34.0 Å². The van der Waals surface area contributed by atoms with E-state index in [0.29, 0.717) is 34.9 Å². The van der Waals surface area contributed by atoms with Crippen molar-refractivity contribution in [2.75, 3.05) is 10.7 Å². The van der Waals surface area contributed by atoms with Crippen molar-refractivity contribution in [3.63, 3.8) is 0 Å². The first-order valence-electron chi connectivity index (χ1n) is 10.2. The molecule has 0 fully saturated rings. The lowest BCUT2D eigenvalue weighted by molar-refractivity contribution is -0.118. The van der Waals surface area contributed by atoms with Crippen LogP contribution in [-0.2, 0) is 4.79 Å². The standard InChI is InChI=1S/C22H25N5O2S2/c1-5-8-30-21-26-25-20(31-21)27-14-9-22(3,4)10-15(28)18(14)17(13(11-23)19(27)24)16-7-6-12(2)29-16/h6-7,17H,5,8-10,24H2,1-4H3. The Bertz CT molecular complexity index is 1130. The van der Waals surface area contributed by atoms with Gasteiger partial charge in [-0.15, -0.1) is 10.2 Å². The Hall–Kier alpha value is -2.57. The predicted molar refractivity (Wildman–Crippen MR) is 121 cm³/mol. The third kappa shape index (κ3) is 3.90. The number of hydrogen-bond donors (Lipinski definition) is 1. The van der Waals surface area contributed by atoms with Gasteiger partial charge >= 0.3 is 0 Å². The molecular weight excluding hydrogens is 430 g/mol. The zero-order valence-corrected chi connectivity index (χ0v) is 19.7. The van der Waals surface area contributed by atoms with Gasteiger partial charge in [0.15, 0.2) is 10.1 Å². The molecule has 2 aromatic rings. The number of carbonyl (C=O) groups is 1. The zero-order valence-electron chi connectivity index (χ0n) is 18.1. The molecule has 2 N–H and O–H groups in total. The quantitative estimate of drug-likeness (QED) is 0.635. The molecule has 2 aromatic heterocycles. The second kappa shape index (κ2) is 8.17. The summed E-state index contributed by atoms with van der Waals surface area (Å²) in [4.78, 5) is 15.2. The largest absolute Gasteiger partial charge is 0.465 e. The van der Waals surface area contributed by atoms with E-state index in [2.05, 4.69) is 37.0 Å². The molecule has 7 nitrogen and oxygen atoms in total. The van der Waals surface area contributed by atoms with Crippen LogP contribution in [0.4, 0.5) is 5.13 Å². The maximum absolute atomic E-state index is 13.4.